The zero-order chi connectivity index (χ0) is 24.0. The summed E-state index contributed by atoms with van der Waals surface area (Å²) >= 11 is 3.60. The Hall–Kier alpha value is -3.92. The Kier molecular flexibility index (Phi) is 5.12. The average Bonchev–Trinajstić information content (AvgIpc) is 3.66. The van der Waals surface area contributed by atoms with Crippen LogP contribution in [-0.4, -0.2) is 0 Å². The molecule has 6 aromatic rings. The first-order chi connectivity index (χ1) is 17.8. The van der Waals surface area contributed by atoms with Gasteiger partial charge in [-0.1, -0.05) is 91.0 Å². The topological polar surface area (TPSA) is 9.23 Å². The molecule has 0 amide bonds. The van der Waals surface area contributed by atoms with Gasteiger partial charge in [0.2, 0.25) is 0 Å². The third kappa shape index (κ3) is 3.43. The maximum Gasteiger partial charge on any atom is 0.178 e. The molecule has 0 bridgehead atoms. The molecule has 2 aromatic heterocycles. The minimum absolute atomic E-state index is 0.708. The van der Waals surface area contributed by atoms with E-state index in [1.165, 1.54) is 25.4 Å². The third-order valence-electron chi connectivity index (χ3n) is 6.83. The van der Waals surface area contributed by atoms with E-state index in [0.717, 1.165) is 28.0 Å². The normalized spacial score (nSPS) is 13.9. The van der Waals surface area contributed by atoms with Gasteiger partial charge in [0.1, 0.15) is 5.75 Å². The van der Waals surface area contributed by atoms with Crippen LogP contribution in [0.2, 0.25) is 0 Å². The molecule has 0 saturated heterocycles. The second-order valence-corrected chi connectivity index (χ2v) is 11.0. The van der Waals surface area contributed by atoms with E-state index in [2.05, 4.69) is 133 Å². The Balaban J connectivity index is 1.48. The van der Waals surface area contributed by atoms with Gasteiger partial charge >= 0.3 is 0 Å². The van der Waals surface area contributed by atoms with Crippen LogP contribution in [-0.2, 0) is 5.60 Å². The number of rotatable bonds is 4. The van der Waals surface area contributed by atoms with Crippen LogP contribution in [0.3, 0.4) is 0 Å². The van der Waals surface area contributed by atoms with Crippen LogP contribution in [0.5, 0.6) is 5.75 Å². The van der Waals surface area contributed by atoms with E-state index >= 15 is 0 Å². The molecular formula is C33H22OS2. The Bertz CT molecular complexity index is 1650. The molecule has 36 heavy (non-hydrogen) atoms. The molecule has 0 atom stereocenters. The van der Waals surface area contributed by atoms with Crippen LogP contribution in [0.4, 0.5) is 0 Å². The van der Waals surface area contributed by atoms with Crippen molar-refractivity contribution < 1.29 is 4.74 Å². The Morgan fingerprint density at radius 3 is 2.03 bits per heavy atom. The highest BCUT2D eigenvalue weighted by Gasteiger charge is 2.38. The highest BCUT2D eigenvalue weighted by molar-refractivity contribution is 7.23. The number of ether oxygens (including phenoxy) is 1. The second-order valence-electron chi connectivity index (χ2n) is 8.93. The van der Waals surface area contributed by atoms with Crippen molar-refractivity contribution in [2.24, 2.45) is 0 Å². The molecular weight excluding hydrogens is 476 g/mol. The third-order valence-corrected chi connectivity index (χ3v) is 9.01. The lowest BCUT2D eigenvalue weighted by Gasteiger charge is -2.37. The van der Waals surface area contributed by atoms with Crippen molar-refractivity contribution in [3.8, 4) is 25.9 Å². The van der Waals surface area contributed by atoms with E-state index < -0.39 is 5.60 Å². The maximum absolute atomic E-state index is 7.21. The van der Waals surface area contributed by atoms with Gasteiger partial charge in [0.25, 0.3) is 0 Å². The summed E-state index contributed by atoms with van der Waals surface area (Å²) in [7, 11) is 0. The molecule has 0 spiro atoms. The average molecular weight is 499 g/mol. The van der Waals surface area contributed by atoms with Gasteiger partial charge in [-0.15, -0.1) is 22.7 Å². The van der Waals surface area contributed by atoms with Gasteiger partial charge in [-0.2, -0.15) is 0 Å². The molecule has 172 valence electrons. The van der Waals surface area contributed by atoms with Gasteiger partial charge in [0, 0.05) is 36.9 Å². The quantitative estimate of drug-likeness (QED) is 0.235. The fraction of sp³-hybridized carbons (Fsp3) is 0.0303. The molecule has 0 aliphatic carbocycles. The van der Waals surface area contributed by atoms with Crippen LogP contribution in [0, 0.1) is 0 Å². The smallest absolute Gasteiger partial charge is 0.178 e. The van der Waals surface area contributed by atoms with E-state index in [0.29, 0.717) is 0 Å². The van der Waals surface area contributed by atoms with E-state index in [1.54, 1.807) is 11.3 Å². The first kappa shape index (κ1) is 21.4. The van der Waals surface area contributed by atoms with Crippen LogP contribution >= 0.6 is 22.7 Å². The molecule has 3 heterocycles. The number of fused-ring (bicyclic) bond motifs is 3. The summed E-state index contributed by atoms with van der Waals surface area (Å²) in [5.41, 5.74) is 3.79. The number of benzene rings is 4. The minimum atomic E-state index is -0.708. The van der Waals surface area contributed by atoms with Crippen molar-refractivity contribution in [3.05, 3.63) is 143 Å². The monoisotopic (exact) mass is 498 g/mol. The fourth-order valence-corrected chi connectivity index (χ4v) is 6.95. The summed E-state index contributed by atoms with van der Waals surface area (Å²) < 4.78 is 7.21. The summed E-state index contributed by atoms with van der Waals surface area (Å²) in [5, 5.41) is 4.56. The van der Waals surface area contributed by atoms with Crippen molar-refractivity contribution in [3.63, 3.8) is 0 Å². The number of hydrogen-bond donors (Lipinski definition) is 0. The van der Waals surface area contributed by atoms with Crippen molar-refractivity contribution >= 4 is 39.5 Å². The molecule has 4 aromatic carbocycles. The van der Waals surface area contributed by atoms with Crippen molar-refractivity contribution in [2.75, 3.05) is 0 Å². The van der Waals surface area contributed by atoms with Gasteiger partial charge < -0.3 is 4.74 Å². The zero-order valence-electron chi connectivity index (χ0n) is 19.4. The molecule has 0 unspecified atom stereocenters. The Morgan fingerprint density at radius 2 is 1.31 bits per heavy atom. The predicted molar refractivity (Wildman–Crippen MR) is 154 cm³/mol. The van der Waals surface area contributed by atoms with Gasteiger partial charge in [0.15, 0.2) is 5.60 Å². The lowest BCUT2D eigenvalue weighted by molar-refractivity contribution is 0.162. The van der Waals surface area contributed by atoms with Crippen LogP contribution in [0.25, 0.3) is 37.0 Å². The first-order valence-electron chi connectivity index (χ1n) is 12.0. The maximum atomic E-state index is 7.21. The molecule has 3 heteroatoms. The summed E-state index contributed by atoms with van der Waals surface area (Å²) in [4.78, 5) is 3.79. The van der Waals surface area contributed by atoms with Gasteiger partial charge in [-0.3, -0.25) is 0 Å². The van der Waals surface area contributed by atoms with E-state index in [4.69, 9.17) is 4.74 Å². The molecule has 0 N–H and O–H groups in total. The SMILES string of the molecule is C1=CC(c2ccccc2)(c2ccccc2)Oc2c(-c3ccc(-c4cccs4)s3)cc3ccccc3c21. The van der Waals surface area contributed by atoms with Crippen LogP contribution in [0.1, 0.15) is 16.7 Å². The summed E-state index contributed by atoms with van der Waals surface area (Å²) in [6.07, 6.45) is 4.49. The van der Waals surface area contributed by atoms with Gasteiger partial charge in [-0.05, 0) is 52.6 Å². The molecule has 0 saturated carbocycles. The van der Waals surface area contributed by atoms with Crippen LogP contribution < -0.4 is 4.74 Å². The van der Waals surface area contributed by atoms with Crippen molar-refractivity contribution in [1.82, 2.24) is 0 Å². The second kappa shape index (κ2) is 8.63. The lowest BCUT2D eigenvalue weighted by atomic mass is 9.82. The minimum Gasteiger partial charge on any atom is -0.472 e. The highest BCUT2D eigenvalue weighted by atomic mass is 32.1. The number of hydrogen-bond acceptors (Lipinski definition) is 3. The summed E-state index contributed by atoms with van der Waals surface area (Å²) in [6.45, 7) is 0. The Labute approximate surface area is 218 Å². The van der Waals surface area contributed by atoms with Gasteiger partial charge in [-0.25, -0.2) is 0 Å². The van der Waals surface area contributed by atoms with E-state index in [9.17, 15) is 0 Å². The van der Waals surface area contributed by atoms with Crippen molar-refractivity contribution in [2.45, 2.75) is 5.60 Å². The molecule has 1 aliphatic rings. The summed E-state index contributed by atoms with van der Waals surface area (Å²) in [5.74, 6) is 0.934. The van der Waals surface area contributed by atoms with E-state index in [-0.39, 0.29) is 0 Å². The summed E-state index contributed by atoms with van der Waals surface area (Å²) in [6, 6.07) is 40.7. The van der Waals surface area contributed by atoms with E-state index in [1.807, 2.05) is 11.3 Å². The molecule has 0 radical (unpaired) electrons. The van der Waals surface area contributed by atoms with Gasteiger partial charge in [0.05, 0.1) is 0 Å². The van der Waals surface area contributed by atoms with Crippen molar-refractivity contribution in [1.29, 1.82) is 0 Å². The molecule has 1 nitrogen and oxygen atoms in total. The predicted octanol–water partition coefficient (Wildman–Crippen LogP) is 9.65. The highest BCUT2D eigenvalue weighted by Crippen LogP contribution is 2.50. The molecule has 0 fully saturated rings. The van der Waals surface area contributed by atoms with Crippen LogP contribution in [0.15, 0.2) is 127 Å². The first-order valence-corrected chi connectivity index (χ1v) is 13.7. The zero-order valence-corrected chi connectivity index (χ0v) is 21.1. The number of thiophene rings is 2. The molecule has 1 aliphatic heterocycles. The molecule has 7 rings (SSSR count). The fourth-order valence-electron chi connectivity index (χ4n) is 5.09. The Morgan fingerprint density at radius 1 is 0.611 bits per heavy atom. The largest absolute Gasteiger partial charge is 0.472 e. The lowest BCUT2D eigenvalue weighted by Crippen LogP contribution is -2.34. The standard InChI is InChI=1S/C33H22OS2/c1-3-11-24(12-4-1)33(25-13-5-2-6-14-25)20-19-27-26-15-8-7-10-23(26)22-28(32(27)34-33)29-17-18-31(36-29)30-16-9-21-35-30/h1-22H.